The van der Waals surface area contributed by atoms with E-state index in [9.17, 15) is 18.6 Å². The van der Waals surface area contributed by atoms with Gasteiger partial charge in [-0.2, -0.15) is 0 Å². The number of aliphatic hydroxyl groups is 2. The Hall–Kier alpha value is -4.24. The highest BCUT2D eigenvalue weighted by molar-refractivity contribution is 7.88. The molecule has 0 aliphatic carbocycles. The van der Waals surface area contributed by atoms with Crippen LogP contribution in [-0.2, 0) is 31.8 Å². The number of hydrogen-bond donors (Lipinski definition) is 4. The standard InChI is InChI=1S/C33H36N6O6S/c1-44-19-26-29(40)30(41)33(45-26)39-21-35-28-31(34-17-25(23-13-7-3-8-14-23)24-15-9-4-10-16-24)37-27(38-32(28)39)18-36-46(42,43)20-22-11-5-2-6-12-22/h2-16,21,25-26,29-30,33,36,40-41H,17-20H2,1H3,(H,34,37,38)/t26-,29-,30+,33-/m1/s1. The van der Waals surface area contributed by atoms with Gasteiger partial charge in [0.25, 0.3) is 0 Å². The summed E-state index contributed by atoms with van der Waals surface area (Å²) in [7, 11) is -2.24. The average molecular weight is 645 g/mol. The summed E-state index contributed by atoms with van der Waals surface area (Å²) in [6.07, 6.45) is -2.77. The molecular formula is C33H36N6O6S. The van der Waals surface area contributed by atoms with Crippen molar-refractivity contribution < 1.29 is 28.1 Å². The lowest BCUT2D eigenvalue weighted by molar-refractivity contribution is -0.0580. The highest BCUT2D eigenvalue weighted by atomic mass is 32.2. The van der Waals surface area contributed by atoms with E-state index in [-0.39, 0.29) is 30.6 Å². The Labute approximate surface area is 267 Å². The van der Waals surface area contributed by atoms with E-state index < -0.39 is 34.6 Å². The quantitative estimate of drug-likeness (QED) is 0.150. The van der Waals surface area contributed by atoms with E-state index >= 15 is 0 Å². The number of imidazole rings is 1. The number of methoxy groups -OCH3 is 1. The van der Waals surface area contributed by atoms with Crippen molar-refractivity contribution in [1.82, 2.24) is 24.2 Å². The molecule has 2 aromatic heterocycles. The molecule has 6 rings (SSSR count). The molecule has 0 spiro atoms. The Morgan fingerprint density at radius 2 is 1.54 bits per heavy atom. The number of anilines is 1. The van der Waals surface area contributed by atoms with E-state index in [4.69, 9.17) is 14.5 Å². The van der Waals surface area contributed by atoms with Gasteiger partial charge in [0.15, 0.2) is 23.2 Å². The minimum absolute atomic E-state index is 0.0349. The molecule has 12 nitrogen and oxygen atoms in total. The van der Waals surface area contributed by atoms with Crippen LogP contribution in [0, 0.1) is 0 Å². The Morgan fingerprint density at radius 1 is 0.913 bits per heavy atom. The van der Waals surface area contributed by atoms with Crippen LogP contribution in [0.4, 0.5) is 5.82 Å². The predicted octanol–water partition coefficient (Wildman–Crippen LogP) is 2.96. The SMILES string of the molecule is COC[C@H]1O[C@@H](n2cnc3c(NCC(c4ccccc4)c4ccccc4)nc(CNS(=O)(=O)Cc4ccccc4)nc32)[C@@H](O)[C@@H]1O. The van der Waals surface area contributed by atoms with Gasteiger partial charge in [0.2, 0.25) is 10.0 Å². The number of hydrogen-bond acceptors (Lipinski definition) is 10. The molecule has 4 atom stereocenters. The van der Waals surface area contributed by atoms with Crippen molar-refractivity contribution in [3.05, 3.63) is 120 Å². The summed E-state index contributed by atoms with van der Waals surface area (Å²) in [5.41, 5.74) is 3.56. The van der Waals surface area contributed by atoms with Gasteiger partial charge in [-0.1, -0.05) is 91.0 Å². The van der Waals surface area contributed by atoms with Gasteiger partial charge >= 0.3 is 0 Å². The third-order valence-corrected chi connectivity index (χ3v) is 9.23. The molecule has 5 aromatic rings. The van der Waals surface area contributed by atoms with E-state index in [1.807, 2.05) is 42.5 Å². The predicted molar refractivity (Wildman–Crippen MR) is 172 cm³/mol. The third-order valence-electron chi connectivity index (χ3n) is 7.94. The maximum absolute atomic E-state index is 13.0. The van der Waals surface area contributed by atoms with Gasteiger partial charge in [-0.3, -0.25) is 4.57 Å². The Kier molecular flexibility index (Phi) is 9.68. The molecule has 1 fully saturated rings. The van der Waals surface area contributed by atoms with Gasteiger partial charge in [0.1, 0.15) is 24.1 Å². The van der Waals surface area contributed by atoms with Gasteiger partial charge < -0.3 is 25.0 Å². The molecule has 4 N–H and O–H groups in total. The van der Waals surface area contributed by atoms with Crippen molar-refractivity contribution in [2.24, 2.45) is 0 Å². The van der Waals surface area contributed by atoms with Gasteiger partial charge in [-0.05, 0) is 16.7 Å². The molecule has 0 saturated carbocycles. The number of fused-ring (bicyclic) bond motifs is 1. The fourth-order valence-electron chi connectivity index (χ4n) is 5.63. The summed E-state index contributed by atoms with van der Waals surface area (Å²) in [5.74, 6) is 0.341. The summed E-state index contributed by atoms with van der Waals surface area (Å²) < 4.78 is 41.2. The zero-order valence-electron chi connectivity index (χ0n) is 25.2. The largest absolute Gasteiger partial charge is 0.387 e. The van der Waals surface area contributed by atoms with Gasteiger partial charge in [0.05, 0.1) is 25.2 Å². The zero-order chi connectivity index (χ0) is 32.1. The second-order valence-corrected chi connectivity index (χ2v) is 12.9. The first-order valence-corrected chi connectivity index (χ1v) is 16.6. The van der Waals surface area contributed by atoms with Gasteiger partial charge in [-0.25, -0.2) is 28.1 Å². The molecule has 240 valence electrons. The normalized spacial score (nSPS) is 20.0. The minimum atomic E-state index is -3.72. The molecule has 0 bridgehead atoms. The van der Waals surface area contributed by atoms with Crippen molar-refractivity contribution in [3.8, 4) is 0 Å². The smallest absolute Gasteiger partial charge is 0.216 e. The van der Waals surface area contributed by atoms with Crippen molar-refractivity contribution in [3.63, 3.8) is 0 Å². The highest BCUT2D eigenvalue weighted by Crippen LogP contribution is 2.33. The number of ether oxygens (including phenoxy) is 2. The van der Waals surface area contributed by atoms with Crippen LogP contribution in [-0.4, -0.2) is 76.7 Å². The first kappa shape index (κ1) is 31.7. The molecule has 46 heavy (non-hydrogen) atoms. The summed E-state index contributed by atoms with van der Waals surface area (Å²) in [6, 6.07) is 29.1. The molecule has 0 unspecified atom stereocenters. The minimum Gasteiger partial charge on any atom is -0.387 e. The van der Waals surface area contributed by atoms with Crippen LogP contribution in [0.3, 0.4) is 0 Å². The van der Waals surface area contributed by atoms with E-state index in [1.54, 1.807) is 24.3 Å². The molecule has 3 heterocycles. The highest BCUT2D eigenvalue weighted by Gasteiger charge is 2.44. The average Bonchev–Trinajstić information content (AvgIpc) is 3.61. The van der Waals surface area contributed by atoms with Crippen molar-refractivity contribution >= 4 is 27.0 Å². The van der Waals surface area contributed by atoms with Gasteiger partial charge in [0, 0.05) is 19.6 Å². The maximum Gasteiger partial charge on any atom is 0.216 e. The summed E-state index contributed by atoms with van der Waals surface area (Å²) in [5, 5.41) is 24.9. The summed E-state index contributed by atoms with van der Waals surface area (Å²) in [4.78, 5) is 13.9. The van der Waals surface area contributed by atoms with Crippen LogP contribution in [0.2, 0.25) is 0 Å². The molecule has 1 saturated heterocycles. The lowest BCUT2D eigenvalue weighted by Crippen LogP contribution is -2.33. The van der Waals surface area contributed by atoms with Crippen molar-refractivity contribution in [2.45, 2.75) is 42.8 Å². The monoisotopic (exact) mass is 644 g/mol. The van der Waals surface area contributed by atoms with Crippen molar-refractivity contribution in [1.29, 1.82) is 0 Å². The van der Waals surface area contributed by atoms with Crippen LogP contribution >= 0.6 is 0 Å². The van der Waals surface area contributed by atoms with Crippen LogP contribution in [0.1, 0.15) is 34.7 Å². The van der Waals surface area contributed by atoms with Crippen LogP contribution in [0.5, 0.6) is 0 Å². The second kappa shape index (κ2) is 14.0. The number of aliphatic hydroxyl groups excluding tert-OH is 2. The molecule has 3 aromatic carbocycles. The summed E-state index contributed by atoms with van der Waals surface area (Å²) in [6.45, 7) is 0.343. The number of benzene rings is 3. The number of aromatic nitrogens is 4. The Balaban J connectivity index is 1.33. The molecule has 0 amide bonds. The fraction of sp³-hybridized carbons (Fsp3) is 0.303. The maximum atomic E-state index is 13.0. The summed E-state index contributed by atoms with van der Waals surface area (Å²) >= 11 is 0. The second-order valence-electron chi connectivity index (χ2n) is 11.1. The Morgan fingerprint density at radius 3 is 2.17 bits per heavy atom. The first-order chi connectivity index (χ1) is 22.3. The van der Waals surface area contributed by atoms with Crippen LogP contribution in [0.15, 0.2) is 97.3 Å². The van der Waals surface area contributed by atoms with Crippen LogP contribution in [0.25, 0.3) is 11.2 Å². The van der Waals surface area contributed by atoms with E-state index in [2.05, 4.69) is 44.3 Å². The first-order valence-electron chi connectivity index (χ1n) is 14.9. The third kappa shape index (κ3) is 7.09. The van der Waals surface area contributed by atoms with E-state index in [1.165, 1.54) is 18.0 Å². The van der Waals surface area contributed by atoms with E-state index in [0.29, 0.717) is 29.1 Å². The number of nitrogens with zero attached hydrogens (tertiary/aromatic N) is 4. The van der Waals surface area contributed by atoms with Gasteiger partial charge in [-0.15, -0.1) is 0 Å². The Bertz CT molecular complexity index is 1800. The topological polar surface area (TPSA) is 161 Å². The zero-order valence-corrected chi connectivity index (χ0v) is 26.0. The fourth-order valence-corrected chi connectivity index (χ4v) is 6.71. The number of sulfonamides is 1. The molecule has 1 aliphatic heterocycles. The van der Waals surface area contributed by atoms with E-state index in [0.717, 1.165) is 11.1 Å². The molecule has 0 radical (unpaired) electrons. The lowest BCUT2D eigenvalue weighted by Gasteiger charge is -2.20. The van der Waals surface area contributed by atoms with Crippen molar-refractivity contribution in [2.75, 3.05) is 25.6 Å². The molecule has 1 aliphatic rings. The lowest BCUT2D eigenvalue weighted by atomic mass is 9.91. The molecule has 13 heteroatoms. The number of nitrogens with one attached hydrogen (secondary N) is 2. The van der Waals surface area contributed by atoms with Crippen LogP contribution < -0.4 is 10.0 Å². The number of rotatable bonds is 13. The molecular weight excluding hydrogens is 608 g/mol.